The van der Waals surface area contributed by atoms with Crippen molar-refractivity contribution >= 4 is 54.3 Å². The Morgan fingerprint density at radius 1 is 0.609 bits per heavy atom. The van der Waals surface area contributed by atoms with E-state index in [0.29, 0.717) is 0 Å². The van der Waals surface area contributed by atoms with Gasteiger partial charge in [-0.1, -0.05) is 0 Å². The molecular weight excluding hydrogens is 389 g/mol. The van der Waals surface area contributed by atoms with E-state index in [1.165, 1.54) is 5.56 Å². The fourth-order valence-corrected chi connectivity index (χ4v) is 6.29. The van der Waals surface area contributed by atoms with Crippen LogP contribution < -0.4 is 5.30 Å². The molecule has 0 atom stereocenters. The maximum absolute atomic E-state index is 6.53. The van der Waals surface area contributed by atoms with E-state index in [0.717, 1.165) is 16.4 Å². The SMILES string of the molecule is CC(C)(C)c1cc(C(C)(C)C)c(P(Cl)(Cl)(Cl)Cl)c(C(C)(C)C)c1. The van der Waals surface area contributed by atoms with Crippen LogP contribution >= 0.6 is 49.0 Å². The fraction of sp³-hybridized carbons (Fsp3) is 0.667. The molecular formula is C18H29Cl4P. The summed E-state index contributed by atoms with van der Waals surface area (Å²) in [7, 11) is 0. The first-order valence-electron chi connectivity index (χ1n) is 7.80. The number of rotatable bonds is 1. The van der Waals surface area contributed by atoms with E-state index in [-0.39, 0.29) is 16.2 Å². The van der Waals surface area contributed by atoms with Crippen molar-refractivity contribution in [3.05, 3.63) is 28.8 Å². The summed E-state index contributed by atoms with van der Waals surface area (Å²) in [5.74, 6) is 0. The normalized spacial score (nSPS) is 16.1. The van der Waals surface area contributed by atoms with Crippen molar-refractivity contribution in [1.29, 1.82) is 0 Å². The minimum absolute atomic E-state index is 0.00618. The monoisotopic (exact) mass is 416 g/mol. The maximum atomic E-state index is 6.53. The first kappa shape index (κ1) is 21.9. The molecule has 0 aliphatic rings. The van der Waals surface area contributed by atoms with E-state index in [9.17, 15) is 0 Å². The van der Waals surface area contributed by atoms with Gasteiger partial charge in [-0.3, -0.25) is 0 Å². The van der Waals surface area contributed by atoms with Crippen LogP contribution in [0.1, 0.15) is 79.0 Å². The van der Waals surface area contributed by atoms with E-state index in [1.807, 2.05) is 0 Å². The summed E-state index contributed by atoms with van der Waals surface area (Å²) in [6.07, 6.45) is 0. The summed E-state index contributed by atoms with van der Waals surface area (Å²) < 4.78 is -4.02. The van der Waals surface area contributed by atoms with E-state index in [2.05, 4.69) is 74.4 Å². The van der Waals surface area contributed by atoms with Gasteiger partial charge in [0.25, 0.3) is 0 Å². The Kier molecular flexibility index (Phi) is 5.62. The molecule has 0 bridgehead atoms. The van der Waals surface area contributed by atoms with Gasteiger partial charge in [0.15, 0.2) is 0 Å². The fourth-order valence-electron chi connectivity index (χ4n) is 2.58. The third-order valence-electron chi connectivity index (χ3n) is 3.93. The van der Waals surface area contributed by atoms with Crippen LogP contribution in [0.2, 0.25) is 0 Å². The molecule has 0 unspecified atom stereocenters. The van der Waals surface area contributed by atoms with Crippen molar-refractivity contribution in [1.82, 2.24) is 0 Å². The molecule has 0 nitrogen and oxygen atoms in total. The van der Waals surface area contributed by atoms with Gasteiger partial charge in [0.1, 0.15) is 0 Å². The topological polar surface area (TPSA) is 0 Å². The van der Waals surface area contributed by atoms with Gasteiger partial charge in [0.05, 0.1) is 0 Å². The van der Waals surface area contributed by atoms with E-state index < -0.39 is 4.01 Å². The third kappa shape index (κ3) is 5.39. The van der Waals surface area contributed by atoms with Crippen molar-refractivity contribution in [2.45, 2.75) is 78.6 Å². The summed E-state index contributed by atoms with van der Waals surface area (Å²) in [5.41, 5.74) is 2.95. The second kappa shape index (κ2) is 5.92. The summed E-state index contributed by atoms with van der Waals surface area (Å²) >= 11 is 26.1. The number of hydrogen-bond acceptors (Lipinski definition) is 0. The van der Waals surface area contributed by atoms with Crippen LogP contribution in [0.3, 0.4) is 0 Å². The molecule has 1 aromatic carbocycles. The zero-order chi connectivity index (χ0) is 18.7. The van der Waals surface area contributed by atoms with Gasteiger partial charge in [-0.05, 0) is 0 Å². The molecule has 1 rings (SSSR count). The Balaban J connectivity index is 4.08. The Hall–Kier alpha value is 0.810. The predicted molar refractivity (Wildman–Crippen MR) is 113 cm³/mol. The Morgan fingerprint density at radius 3 is 1.09 bits per heavy atom. The van der Waals surface area contributed by atoms with Gasteiger partial charge in [-0.25, -0.2) is 0 Å². The molecule has 5 heteroatoms. The van der Waals surface area contributed by atoms with Crippen LogP contribution in [0, 0.1) is 0 Å². The predicted octanol–water partition coefficient (Wildman–Crippen LogP) is 8.37. The summed E-state index contributed by atoms with van der Waals surface area (Å²) in [5, 5.41) is 0.718. The summed E-state index contributed by atoms with van der Waals surface area (Å²) in [4.78, 5) is 0. The van der Waals surface area contributed by atoms with Crippen LogP contribution in [0.15, 0.2) is 12.1 Å². The van der Waals surface area contributed by atoms with Gasteiger partial charge in [0, 0.05) is 0 Å². The van der Waals surface area contributed by atoms with Crippen molar-refractivity contribution < 1.29 is 0 Å². The van der Waals surface area contributed by atoms with E-state index >= 15 is 0 Å². The Morgan fingerprint density at radius 2 is 0.913 bits per heavy atom. The zero-order valence-electron chi connectivity index (χ0n) is 15.6. The zero-order valence-corrected chi connectivity index (χ0v) is 19.5. The molecule has 0 fully saturated rings. The molecule has 0 aromatic heterocycles. The van der Waals surface area contributed by atoms with Crippen LogP contribution in [0.25, 0.3) is 0 Å². The molecule has 0 amide bonds. The van der Waals surface area contributed by atoms with Crippen molar-refractivity contribution in [2.24, 2.45) is 0 Å². The van der Waals surface area contributed by atoms with Crippen molar-refractivity contribution in [2.75, 3.05) is 0 Å². The second-order valence-corrected chi connectivity index (χ2v) is 22.5. The number of hydrogen-bond donors (Lipinski definition) is 0. The van der Waals surface area contributed by atoms with Gasteiger partial charge < -0.3 is 0 Å². The van der Waals surface area contributed by atoms with Crippen molar-refractivity contribution in [3.63, 3.8) is 0 Å². The standard InChI is InChI=1S/C18H29Cl4P/c1-16(2,3)12-10-13(17(4,5)6)15(23(19,20,21)22)14(11-12)18(7,8)9/h10-11H,1-9H3. The average Bonchev–Trinajstić information content (AvgIpc) is 2.21. The molecule has 0 radical (unpaired) electrons. The molecule has 0 spiro atoms. The van der Waals surface area contributed by atoms with Crippen LogP contribution in [0.5, 0.6) is 0 Å². The molecule has 0 N–H and O–H groups in total. The summed E-state index contributed by atoms with van der Waals surface area (Å²) in [6.45, 7) is 19.4. The quantitative estimate of drug-likeness (QED) is 0.402. The van der Waals surface area contributed by atoms with Gasteiger partial charge in [-0.15, -0.1) is 0 Å². The first-order valence-corrected chi connectivity index (χ1v) is 13.7. The van der Waals surface area contributed by atoms with E-state index in [1.54, 1.807) is 0 Å². The number of halogens is 4. The average molecular weight is 418 g/mol. The Bertz CT molecular complexity index is 561. The van der Waals surface area contributed by atoms with Crippen LogP contribution in [0.4, 0.5) is 0 Å². The molecule has 1 aromatic rings. The molecule has 0 aliphatic carbocycles. The molecule has 0 saturated heterocycles. The third-order valence-corrected chi connectivity index (χ3v) is 7.12. The molecule has 134 valence electrons. The van der Waals surface area contributed by atoms with Crippen molar-refractivity contribution in [3.8, 4) is 0 Å². The molecule has 0 saturated carbocycles. The summed E-state index contributed by atoms with van der Waals surface area (Å²) in [6, 6.07) is 4.34. The Labute approximate surface area is 161 Å². The van der Waals surface area contributed by atoms with Crippen LogP contribution in [-0.2, 0) is 16.2 Å². The second-order valence-electron chi connectivity index (χ2n) is 9.39. The first-order chi connectivity index (χ1) is 9.71. The molecule has 23 heavy (non-hydrogen) atoms. The van der Waals surface area contributed by atoms with Gasteiger partial charge in [-0.2, -0.15) is 0 Å². The molecule has 0 aliphatic heterocycles. The van der Waals surface area contributed by atoms with Crippen LogP contribution in [-0.4, -0.2) is 0 Å². The number of benzene rings is 1. The van der Waals surface area contributed by atoms with Gasteiger partial charge >= 0.3 is 162 Å². The molecule has 0 heterocycles. The van der Waals surface area contributed by atoms with E-state index in [4.69, 9.17) is 45.0 Å². The minimum atomic E-state index is -4.02. The van der Waals surface area contributed by atoms with Gasteiger partial charge in [0.2, 0.25) is 0 Å².